The van der Waals surface area contributed by atoms with E-state index in [1.54, 1.807) is 17.0 Å². The maximum Gasteiger partial charge on any atom is 0.243 e. The number of hydrogen-bond acceptors (Lipinski definition) is 2. The van der Waals surface area contributed by atoms with Crippen molar-refractivity contribution in [3.63, 3.8) is 0 Å². The molecule has 1 N–H and O–H groups in total. The van der Waals surface area contributed by atoms with E-state index < -0.39 is 6.04 Å². The number of carbonyl (C=O) groups excluding carboxylic acids is 2. The zero-order valence-electron chi connectivity index (χ0n) is 21.0. The third-order valence-electron chi connectivity index (χ3n) is 6.93. The Bertz CT molecular complexity index is 1140. The van der Waals surface area contributed by atoms with Gasteiger partial charge in [0.2, 0.25) is 11.8 Å². The molecule has 0 unspecified atom stereocenters. The van der Waals surface area contributed by atoms with Crippen LogP contribution in [-0.4, -0.2) is 28.8 Å². The number of halogens is 1. The first-order valence-corrected chi connectivity index (χ1v) is 13.3. The van der Waals surface area contributed by atoms with Gasteiger partial charge in [-0.05, 0) is 48.6 Å². The Morgan fingerprint density at radius 3 is 2.28 bits per heavy atom. The molecule has 3 aromatic rings. The number of nitrogens with zero attached hydrogens (tertiary/aromatic N) is 1. The standard InChI is InChI=1S/C31H35ClN2O2/c1-23-9-8-12-26(19-23)22-34(30(35)21-25-15-17-27(32)18-16-25)29(20-24-10-4-2-5-11-24)31(36)33-28-13-6-3-7-14-28/h2,4-5,8-12,15-19,28-29H,3,6-7,13-14,20-22H2,1H3,(H,33,36)/t29-/m1/s1. The molecule has 0 aliphatic heterocycles. The van der Waals surface area contributed by atoms with Crippen molar-refractivity contribution in [2.45, 2.75) is 70.5 Å². The highest BCUT2D eigenvalue weighted by Crippen LogP contribution is 2.21. The van der Waals surface area contributed by atoms with Crippen molar-refractivity contribution in [1.29, 1.82) is 0 Å². The van der Waals surface area contributed by atoms with Crippen LogP contribution in [0.4, 0.5) is 0 Å². The molecule has 4 nitrogen and oxygen atoms in total. The van der Waals surface area contributed by atoms with E-state index >= 15 is 0 Å². The first kappa shape index (κ1) is 26.0. The molecule has 1 aliphatic rings. The summed E-state index contributed by atoms with van der Waals surface area (Å²) in [6.07, 6.45) is 6.18. The maximum absolute atomic E-state index is 13.8. The van der Waals surface area contributed by atoms with Gasteiger partial charge in [-0.25, -0.2) is 0 Å². The monoisotopic (exact) mass is 502 g/mol. The smallest absolute Gasteiger partial charge is 0.243 e. The van der Waals surface area contributed by atoms with Gasteiger partial charge in [-0.3, -0.25) is 9.59 Å². The highest BCUT2D eigenvalue weighted by Gasteiger charge is 2.32. The fraction of sp³-hybridized carbons (Fsp3) is 0.355. The molecule has 0 bridgehead atoms. The lowest BCUT2D eigenvalue weighted by Gasteiger charge is -2.33. The number of amides is 2. The Balaban J connectivity index is 1.65. The molecule has 1 aliphatic carbocycles. The number of aryl methyl sites for hydroxylation is 1. The summed E-state index contributed by atoms with van der Waals surface area (Å²) in [5.74, 6) is -0.138. The normalized spacial score (nSPS) is 14.7. The Hall–Kier alpha value is -3.11. The van der Waals surface area contributed by atoms with E-state index in [0.29, 0.717) is 18.0 Å². The molecule has 5 heteroatoms. The van der Waals surface area contributed by atoms with Gasteiger partial charge in [-0.1, -0.05) is 103 Å². The van der Waals surface area contributed by atoms with E-state index in [9.17, 15) is 9.59 Å². The van der Waals surface area contributed by atoms with Crippen LogP contribution in [0.3, 0.4) is 0 Å². The molecule has 36 heavy (non-hydrogen) atoms. The molecule has 4 rings (SSSR count). The van der Waals surface area contributed by atoms with Gasteiger partial charge < -0.3 is 10.2 Å². The molecule has 0 spiro atoms. The quantitative estimate of drug-likeness (QED) is 0.374. The molecule has 0 heterocycles. The van der Waals surface area contributed by atoms with Gasteiger partial charge >= 0.3 is 0 Å². The van der Waals surface area contributed by atoms with E-state index in [1.807, 2.05) is 67.6 Å². The molecular weight excluding hydrogens is 468 g/mol. The van der Waals surface area contributed by atoms with Gasteiger partial charge in [-0.15, -0.1) is 0 Å². The number of benzene rings is 3. The van der Waals surface area contributed by atoms with Crippen molar-refractivity contribution in [2.24, 2.45) is 0 Å². The van der Waals surface area contributed by atoms with Crippen molar-refractivity contribution in [3.8, 4) is 0 Å². The fourth-order valence-electron chi connectivity index (χ4n) is 4.98. The largest absolute Gasteiger partial charge is 0.352 e. The lowest BCUT2D eigenvalue weighted by atomic mass is 9.94. The Kier molecular flexibility index (Phi) is 9.18. The maximum atomic E-state index is 13.8. The van der Waals surface area contributed by atoms with Gasteiger partial charge in [-0.2, -0.15) is 0 Å². The Morgan fingerprint density at radius 2 is 1.58 bits per heavy atom. The van der Waals surface area contributed by atoms with Crippen LogP contribution in [0.2, 0.25) is 5.02 Å². The number of nitrogens with one attached hydrogen (secondary N) is 1. The number of hydrogen-bond donors (Lipinski definition) is 1. The lowest BCUT2D eigenvalue weighted by Crippen LogP contribution is -2.53. The number of rotatable bonds is 9. The molecule has 3 aromatic carbocycles. The topological polar surface area (TPSA) is 49.4 Å². The highest BCUT2D eigenvalue weighted by atomic mass is 35.5. The van der Waals surface area contributed by atoms with E-state index in [0.717, 1.165) is 47.9 Å². The van der Waals surface area contributed by atoms with Crippen molar-refractivity contribution < 1.29 is 9.59 Å². The highest BCUT2D eigenvalue weighted by molar-refractivity contribution is 6.30. The third-order valence-corrected chi connectivity index (χ3v) is 7.18. The first-order chi connectivity index (χ1) is 17.5. The Labute approximate surface area is 219 Å². The van der Waals surface area contributed by atoms with Gasteiger partial charge in [0.05, 0.1) is 6.42 Å². The van der Waals surface area contributed by atoms with E-state index in [1.165, 1.54) is 6.42 Å². The molecule has 2 amide bonds. The SMILES string of the molecule is Cc1cccc(CN(C(=O)Cc2ccc(Cl)cc2)[C@H](Cc2ccccc2)C(=O)NC2CCCCC2)c1. The summed E-state index contributed by atoms with van der Waals surface area (Å²) in [6.45, 7) is 2.42. The van der Waals surface area contributed by atoms with Gasteiger partial charge in [0, 0.05) is 24.0 Å². The van der Waals surface area contributed by atoms with Crippen LogP contribution in [0, 0.1) is 6.92 Å². The molecule has 1 fully saturated rings. The minimum atomic E-state index is -0.602. The molecule has 0 saturated heterocycles. The minimum absolute atomic E-state index is 0.0668. The molecule has 1 atom stereocenters. The average Bonchev–Trinajstić information content (AvgIpc) is 2.88. The van der Waals surface area contributed by atoms with Crippen LogP contribution in [0.1, 0.15) is 54.4 Å². The van der Waals surface area contributed by atoms with E-state index in [2.05, 4.69) is 11.4 Å². The van der Waals surface area contributed by atoms with Crippen LogP contribution in [0.25, 0.3) is 0 Å². The van der Waals surface area contributed by atoms with Crippen LogP contribution < -0.4 is 5.32 Å². The zero-order chi connectivity index (χ0) is 25.3. The second-order valence-electron chi connectivity index (χ2n) is 9.86. The van der Waals surface area contributed by atoms with Crippen molar-refractivity contribution >= 4 is 23.4 Å². The summed E-state index contributed by atoms with van der Waals surface area (Å²) < 4.78 is 0. The van der Waals surface area contributed by atoms with Crippen molar-refractivity contribution in [3.05, 3.63) is 106 Å². The summed E-state index contributed by atoms with van der Waals surface area (Å²) in [5, 5.41) is 3.93. The number of carbonyl (C=O) groups is 2. The van der Waals surface area contributed by atoms with Crippen molar-refractivity contribution in [2.75, 3.05) is 0 Å². The fourth-order valence-corrected chi connectivity index (χ4v) is 5.11. The summed E-state index contributed by atoms with van der Waals surface area (Å²) in [6, 6.07) is 25.0. The zero-order valence-corrected chi connectivity index (χ0v) is 21.7. The minimum Gasteiger partial charge on any atom is -0.352 e. The predicted octanol–water partition coefficient (Wildman–Crippen LogP) is 6.28. The molecule has 1 saturated carbocycles. The van der Waals surface area contributed by atoms with Crippen LogP contribution >= 0.6 is 11.6 Å². The van der Waals surface area contributed by atoms with Crippen LogP contribution in [0.5, 0.6) is 0 Å². The summed E-state index contributed by atoms with van der Waals surface area (Å²) >= 11 is 6.06. The van der Waals surface area contributed by atoms with Gasteiger partial charge in [0.1, 0.15) is 6.04 Å². The summed E-state index contributed by atoms with van der Waals surface area (Å²) in [5.41, 5.74) is 4.06. The second-order valence-corrected chi connectivity index (χ2v) is 10.3. The summed E-state index contributed by atoms with van der Waals surface area (Å²) in [7, 11) is 0. The third kappa shape index (κ3) is 7.44. The molecule has 0 aromatic heterocycles. The second kappa shape index (κ2) is 12.7. The lowest BCUT2D eigenvalue weighted by molar-refractivity contribution is -0.141. The van der Waals surface area contributed by atoms with E-state index in [4.69, 9.17) is 11.6 Å². The molecular formula is C31H35ClN2O2. The van der Waals surface area contributed by atoms with E-state index in [-0.39, 0.29) is 24.3 Å². The van der Waals surface area contributed by atoms with Crippen LogP contribution in [0.15, 0.2) is 78.9 Å². The predicted molar refractivity (Wildman–Crippen MR) is 146 cm³/mol. The first-order valence-electron chi connectivity index (χ1n) is 12.9. The van der Waals surface area contributed by atoms with Gasteiger partial charge in [0.15, 0.2) is 0 Å². The van der Waals surface area contributed by atoms with Gasteiger partial charge in [0.25, 0.3) is 0 Å². The molecule has 0 radical (unpaired) electrons. The Morgan fingerprint density at radius 1 is 0.889 bits per heavy atom. The average molecular weight is 503 g/mol. The molecule has 188 valence electrons. The van der Waals surface area contributed by atoms with Crippen LogP contribution in [-0.2, 0) is 29.0 Å². The summed E-state index contributed by atoms with van der Waals surface area (Å²) in [4.78, 5) is 29.4. The van der Waals surface area contributed by atoms with Crippen molar-refractivity contribution in [1.82, 2.24) is 10.2 Å².